The predicted octanol–water partition coefficient (Wildman–Crippen LogP) is 0.967. The van der Waals surface area contributed by atoms with Gasteiger partial charge in [-0.25, -0.2) is 0 Å². The average Bonchev–Trinajstić information content (AvgIpc) is 1.83. The van der Waals surface area contributed by atoms with Crippen LogP contribution in [0.15, 0.2) is 0 Å². The number of nitrogens with zero attached hydrogens (tertiary/aromatic N) is 1. The van der Waals surface area contributed by atoms with Crippen LogP contribution in [0, 0.1) is 10.1 Å². The van der Waals surface area contributed by atoms with Crippen molar-refractivity contribution < 1.29 is 23.2 Å². The SMILES string of the molecule is CC[C@@](O)(C[N+](=O)[O-])C(F)(F)F. The quantitative estimate of drug-likeness (QED) is 0.528. The van der Waals surface area contributed by atoms with E-state index in [4.69, 9.17) is 5.11 Å². The Kier molecular flexibility index (Phi) is 3.03. The fraction of sp³-hybridized carbons (Fsp3) is 1.00. The van der Waals surface area contributed by atoms with Gasteiger partial charge in [-0.2, -0.15) is 13.2 Å². The summed E-state index contributed by atoms with van der Waals surface area (Å²) in [5.41, 5.74) is -3.20. The molecule has 0 aromatic heterocycles. The summed E-state index contributed by atoms with van der Waals surface area (Å²) in [6.07, 6.45) is -5.67. The van der Waals surface area contributed by atoms with E-state index in [1.165, 1.54) is 0 Å². The molecule has 0 radical (unpaired) electrons. The van der Waals surface area contributed by atoms with E-state index in [2.05, 4.69) is 0 Å². The third-order valence-corrected chi connectivity index (χ3v) is 1.50. The summed E-state index contributed by atoms with van der Waals surface area (Å²) in [4.78, 5) is 8.58. The lowest BCUT2D eigenvalue weighted by Gasteiger charge is -2.24. The van der Waals surface area contributed by atoms with Crippen LogP contribution in [0.4, 0.5) is 13.2 Å². The summed E-state index contributed by atoms with van der Waals surface area (Å²) in [6.45, 7) is -0.468. The summed E-state index contributed by atoms with van der Waals surface area (Å²) in [6, 6.07) is 0. The van der Waals surface area contributed by atoms with Crippen molar-refractivity contribution in [2.45, 2.75) is 25.1 Å². The van der Waals surface area contributed by atoms with Crippen molar-refractivity contribution in [2.75, 3.05) is 6.54 Å². The highest BCUT2D eigenvalue weighted by Crippen LogP contribution is 2.32. The lowest BCUT2D eigenvalue weighted by atomic mass is 10.0. The van der Waals surface area contributed by atoms with Gasteiger partial charge < -0.3 is 5.11 Å². The van der Waals surface area contributed by atoms with Gasteiger partial charge >= 0.3 is 6.18 Å². The predicted molar refractivity (Wildman–Crippen MR) is 33.2 cm³/mol. The molecule has 72 valence electrons. The highest BCUT2D eigenvalue weighted by molar-refractivity contribution is 4.84. The average molecular weight is 187 g/mol. The Morgan fingerprint density at radius 2 is 1.92 bits per heavy atom. The molecule has 0 fully saturated rings. The molecule has 0 aliphatic carbocycles. The highest BCUT2D eigenvalue weighted by Gasteiger charge is 2.56. The molecule has 0 heterocycles. The first kappa shape index (κ1) is 11.2. The van der Waals surface area contributed by atoms with Crippen LogP contribution < -0.4 is 0 Å². The molecule has 0 unspecified atom stereocenters. The maximum atomic E-state index is 11.9. The second-order valence-electron chi connectivity index (χ2n) is 2.37. The third-order valence-electron chi connectivity index (χ3n) is 1.50. The smallest absolute Gasteiger partial charge is 0.375 e. The first-order chi connectivity index (χ1) is 5.23. The summed E-state index contributed by atoms with van der Waals surface area (Å²) in [7, 11) is 0. The fourth-order valence-electron chi connectivity index (χ4n) is 0.615. The second kappa shape index (κ2) is 3.26. The maximum Gasteiger partial charge on any atom is 0.423 e. The minimum absolute atomic E-state index is 0.725. The zero-order valence-electron chi connectivity index (χ0n) is 6.26. The van der Waals surface area contributed by atoms with Gasteiger partial charge in [0.25, 0.3) is 0 Å². The fourth-order valence-corrected chi connectivity index (χ4v) is 0.615. The number of nitro groups is 1. The van der Waals surface area contributed by atoms with Gasteiger partial charge in [-0.05, 0) is 6.42 Å². The van der Waals surface area contributed by atoms with Crippen molar-refractivity contribution >= 4 is 0 Å². The lowest BCUT2D eigenvalue weighted by Crippen LogP contribution is -2.50. The Labute approximate surface area is 66.1 Å². The van der Waals surface area contributed by atoms with E-state index in [0.717, 1.165) is 6.92 Å². The first-order valence-electron chi connectivity index (χ1n) is 3.14. The topological polar surface area (TPSA) is 63.4 Å². The van der Waals surface area contributed by atoms with Gasteiger partial charge in [-0.15, -0.1) is 0 Å². The van der Waals surface area contributed by atoms with Crippen LogP contribution in [0.1, 0.15) is 13.3 Å². The minimum Gasteiger partial charge on any atom is -0.375 e. The van der Waals surface area contributed by atoms with Crippen molar-refractivity contribution in [3.63, 3.8) is 0 Å². The van der Waals surface area contributed by atoms with E-state index in [1.807, 2.05) is 0 Å². The van der Waals surface area contributed by atoms with Crippen molar-refractivity contribution in [1.29, 1.82) is 0 Å². The number of halogens is 3. The standard InChI is InChI=1S/C5H8F3NO3/c1-2-4(10,3-9(11)12)5(6,7)8/h10H,2-3H2,1H3/t4-/m1/s1. The Balaban J connectivity index is 4.56. The largest absolute Gasteiger partial charge is 0.423 e. The van der Waals surface area contributed by atoms with Gasteiger partial charge in [0.2, 0.25) is 12.1 Å². The van der Waals surface area contributed by atoms with E-state index in [9.17, 15) is 23.3 Å². The molecule has 0 aromatic rings. The number of alkyl halides is 3. The zero-order chi connectivity index (χ0) is 9.99. The molecule has 7 heteroatoms. The molecule has 0 aromatic carbocycles. The van der Waals surface area contributed by atoms with Crippen molar-refractivity contribution in [3.8, 4) is 0 Å². The van der Waals surface area contributed by atoms with Gasteiger partial charge in [-0.1, -0.05) is 6.92 Å². The van der Waals surface area contributed by atoms with E-state index in [-0.39, 0.29) is 0 Å². The molecule has 0 saturated heterocycles. The van der Waals surface area contributed by atoms with Crippen LogP contribution in [0.5, 0.6) is 0 Å². The lowest BCUT2D eigenvalue weighted by molar-refractivity contribution is -0.516. The molecule has 12 heavy (non-hydrogen) atoms. The Hall–Kier alpha value is -0.850. The minimum atomic E-state index is -4.95. The van der Waals surface area contributed by atoms with Crippen molar-refractivity contribution in [2.24, 2.45) is 0 Å². The van der Waals surface area contributed by atoms with E-state index in [0.29, 0.717) is 0 Å². The monoisotopic (exact) mass is 187 g/mol. The van der Waals surface area contributed by atoms with Crippen LogP contribution in [-0.2, 0) is 0 Å². The molecular formula is C5H8F3NO3. The summed E-state index contributed by atoms with van der Waals surface area (Å²) in [5.74, 6) is 0. The van der Waals surface area contributed by atoms with Crippen molar-refractivity contribution in [1.82, 2.24) is 0 Å². The Morgan fingerprint density at radius 3 is 2.00 bits per heavy atom. The maximum absolute atomic E-state index is 11.9. The van der Waals surface area contributed by atoms with Gasteiger partial charge in [-0.3, -0.25) is 10.1 Å². The van der Waals surface area contributed by atoms with Gasteiger partial charge in [0.05, 0.1) is 0 Å². The number of hydrogen-bond donors (Lipinski definition) is 1. The highest BCUT2D eigenvalue weighted by atomic mass is 19.4. The molecule has 0 aliphatic heterocycles. The summed E-state index contributed by atoms with van der Waals surface area (Å²) >= 11 is 0. The van der Waals surface area contributed by atoms with Crippen LogP contribution in [0.2, 0.25) is 0 Å². The van der Waals surface area contributed by atoms with Crippen LogP contribution in [-0.4, -0.2) is 28.4 Å². The number of hydrogen-bond acceptors (Lipinski definition) is 3. The van der Waals surface area contributed by atoms with Crippen LogP contribution >= 0.6 is 0 Å². The summed E-state index contributed by atoms with van der Waals surface area (Å²) < 4.78 is 35.7. The molecule has 0 spiro atoms. The zero-order valence-corrected chi connectivity index (χ0v) is 6.26. The molecular weight excluding hydrogens is 179 g/mol. The molecule has 1 N–H and O–H groups in total. The van der Waals surface area contributed by atoms with Crippen LogP contribution in [0.25, 0.3) is 0 Å². The molecule has 0 aliphatic rings. The van der Waals surface area contributed by atoms with Gasteiger partial charge in [0.15, 0.2) is 0 Å². The Morgan fingerprint density at radius 1 is 1.50 bits per heavy atom. The normalized spacial score (nSPS) is 17.1. The number of aliphatic hydroxyl groups is 1. The molecule has 4 nitrogen and oxygen atoms in total. The van der Waals surface area contributed by atoms with E-state index >= 15 is 0 Å². The number of rotatable bonds is 3. The van der Waals surface area contributed by atoms with E-state index in [1.54, 1.807) is 0 Å². The van der Waals surface area contributed by atoms with Gasteiger partial charge in [0.1, 0.15) is 0 Å². The molecule has 0 rings (SSSR count). The second-order valence-corrected chi connectivity index (χ2v) is 2.37. The van der Waals surface area contributed by atoms with Gasteiger partial charge in [0, 0.05) is 4.92 Å². The van der Waals surface area contributed by atoms with Crippen molar-refractivity contribution in [3.05, 3.63) is 10.1 Å². The summed E-state index contributed by atoms with van der Waals surface area (Å²) in [5, 5.41) is 18.5. The Bertz CT molecular complexity index is 181. The molecule has 0 amide bonds. The molecule has 0 saturated carbocycles. The van der Waals surface area contributed by atoms with Crippen LogP contribution in [0.3, 0.4) is 0 Å². The van der Waals surface area contributed by atoms with E-state index < -0.39 is 29.7 Å². The third kappa shape index (κ3) is 2.33. The molecule has 1 atom stereocenters. The first-order valence-corrected chi connectivity index (χ1v) is 3.14. The molecule has 0 bridgehead atoms.